The summed E-state index contributed by atoms with van der Waals surface area (Å²) in [6.07, 6.45) is 1.99. The number of aromatic nitrogens is 4. The van der Waals surface area contributed by atoms with E-state index in [0.29, 0.717) is 23.6 Å². The molecule has 2 heterocycles. The molecular formula is C23H22FN5O3. The van der Waals surface area contributed by atoms with E-state index in [-0.39, 0.29) is 22.7 Å². The average molecular weight is 435 g/mol. The molecule has 0 aliphatic rings. The van der Waals surface area contributed by atoms with E-state index in [9.17, 15) is 14.0 Å². The van der Waals surface area contributed by atoms with Crippen LogP contribution < -0.4 is 16.2 Å². The first kappa shape index (κ1) is 21.2. The summed E-state index contributed by atoms with van der Waals surface area (Å²) in [6, 6.07) is 12.5. The first-order valence-corrected chi connectivity index (χ1v) is 10.2. The maximum Gasteiger partial charge on any atom is 0.334 e. The maximum atomic E-state index is 13.4. The number of carbonyl (C=O) groups excluding carboxylic acids is 1. The van der Waals surface area contributed by atoms with Crippen LogP contribution in [0.25, 0.3) is 28.2 Å². The Balaban J connectivity index is 1.88. The minimum Gasteiger partial charge on any atom is -0.494 e. The van der Waals surface area contributed by atoms with Gasteiger partial charge in [0.05, 0.1) is 12.3 Å². The van der Waals surface area contributed by atoms with Gasteiger partial charge in [0.25, 0.3) is 5.91 Å². The first-order chi connectivity index (χ1) is 15.4. The van der Waals surface area contributed by atoms with Crippen molar-refractivity contribution in [1.82, 2.24) is 19.1 Å². The summed E-state index contributed by atoms with van der Waals surface area (Å²) >= 11 is 0. The highest BCUT2D eigenvalue weighted by Crippen LogP contribution is 2.25. The van der Waals surface area contributed by atoms with E-state index in [0.717, 1.165) is 12.8 Å². The number of carbonyl (C=O) groups is 1. The lowest BCUT2D eigenvalue weighted by atomic mass is 10.2. The van der Waals surface area contributed by atoms with Crippen molar-refractivity contribution in [2.75, 3.05) is 6.61 Å². The van der Waals surface area contributed by atoms with Crippen LogP contribution in [-0.2, 0) is 7.05 Å². The largest absolute Gasteiger partial charge is 0.494 e. The third kappa shape index (κ3) is 3.84. The lowest BCUT2D eigenvalue weighted by molar-refractivity contribution is 0.0997. The van der Waals surface area contributed by atoms with Gasteiger partial charge in [-0.3, -0.25) is 9.36 Å². The second kappa shape index (κ2) is 8.62. The first-order valence-electron chi connectivity index (χ1n) is 10.2. The zero-order chi connectivity index (χ0) is 22.8. The van der Waals surface area contributed by atoms with Gasteiger partial charge in [0, 0.05) is 12.6 Å². The molecular weight excluding hydrogens is 413 g/mol. The SMILES string of the molecule is CCCCOc1ccc(-c2nc(C(N)=O)c3c(n2)n(-c2ccc(F)cc2)c(=O)n3C)cc1. The molecule has 8 nitrogen and oxygen atoms in total. The number of fused-ring (bicyclic) bond motifs is 1. The Morgan fingerprint density at radius 1 is 1.09 bits per heavy atom. The van der Waals surface area contributed by atoms with Crippen molar-refractivity contribution in [2.45, 2.75) is 19.8 Å². The van der Waals surface area contributed by atoms with Crippen molar-refractivity contribution in [3.63, 3.8) is 0 Å². The molecule has 0 spiro atoms. The number of benzene rings is 2. The molecule has 32 heavy (non-hydrogen) atoms. The molecule has 0 radical (unpaired) electrons. The molecule has 0 aliphatic carbocycles. The van der Waals surface area contributed by atoms with Gasteiger partial charge in [0.2, 0.25) is 0 Å². The summed E-state index contributed by atoms with van der Waals surface area (Å²) in [7, 11) is 1.50. The number of imidazole rings is 1. The number of halogens is 1. The van der Waals surface area contributed by atoms with Crippen LogP contribution in [0, 0.1) is 5.82 Å². The predicted molar refractivity (Wildman–Crippen MR) is 118 cm³/mol. The summed E-state index contributed by atoms with van der Waals surface area (Å²) < 4.78 is 21.7. The molecule has 2 aromatic heterocycles. The van der Waals surface area contributed by atoms with Crippen molar-refractivity contribution >= 4 is 17.1 Å². The number of nitrogens with zero attached hydrogens (tertiary/aromatic N) is 4. The molecule has 0 fully saturated rings. The average Bonchev–Trinajstić information content (AvgIpc) is 3.04. The predicted octanol–water partition coefficient (Wildman–Crippen LogP) is 3.20. The van der Waals surface area contributed by atoms with E-state index in [1.807, 2.05) is 0 Å². The van der Waals surface area contributed by atoms with Crippen LogP contribution in [0.2, 0.25) is 0 Å². The van der Waals surface area contributed by atoms with Gasteiger partial charge < -0.3 is 10.5 Å². The molecule has 0 saturated carbocycles. The van der Waals surface area contributed by atoms with Crippen LogP contribution in [0.15, 0.2) is 53.3 Å². The van der Waals surface area contributed by atoms with E-state index in [2.05, 4.69) is 16.9 Å². The lowest BCUT2D eigenvalue weighted by Crippen LogP contribution is -2.21. The van der Waals surface area contributed by atoms with Gasteiger partial charge in [-0.15, -0.1) is 0 Å². The lowest BCUT2D eigenvalue weighted by Gasteiger charge is -2.08. The Hall–Kier alpha value is -4.01. The minimum absolute atomic E-state index is 0.0752. The second-order valence-corrected chi connectivity index (χ2v) is 7.31. The number of nitrogens with two attached hydrogens (primary N) is 1. The van der Waals surface area contributed by atoms with Crippen molar-refractivity contribution < 1.29 is 13.9 Å². The van der Waals surface area contributed by atoms with Gasteiger partial charge in [-0.1, -0.05) is 13.3 Å². The highest BCUT2D eigenvalue weighted by atomic mass is 19.1. The maximum absolute atomic E-state index is 13.4. The van der Waals surface area contributed by atoms with Crippen LogP contribution in [0.3, 0.4) is 0 Å². The zero-order valence-corrected chi connectivity index (χ0v) is 17.7. The van der Waals surface area contributed by atoms with E-state index in [1.165, 1.54) is 40.4 Å². The van der Waals surface area contributed by atoms with E-state index >= 15 is 0 Å². The Kier molecular flexibility index (Phi) is 5.72. The number of ether oxygens (including phenoxy) is 1. The van der Waals surface area contributed by atoms with Gasteiger partial charge in [0.15, 0.2) is 17.2 Å². The van der Waals surface area contributed by atoms with E-state index in [1.54, 1.807) is 24.3 Å². The molecule has 2 aromatic carbocycles. The minimum atomic E-state index is -0.787. The van der Waals surface area contributed by atoms with Crippen LogP contribution in [0.5, 0.6) is 5.75 Å². The van der Waals surface area contributed by atoms with Crippen molar-refractivity contribution in [1.29, 1.82) is 0 Å². The second-order valence-electron chi connectivity index (χ2n) is 7.31. The van der Waals surface area contributed by atoms with Crippen molar-refractivity contribution in [2.24, 2.45) is 12.8 Å². The number of hydrogen-bond acceptors (Lipinski definition) is 5. The number of aryl methyl sites for hydroxylation is 1. The summed E-state index contributed by atoms with van der Waals surface area (Å²) in [5, 5.41) is 0. The van der Waals surface area contributed by atoms with Crippen LogP contribution in [0.4, 0.5) is 4.39 Å². The van der Waals surface area contributed by atoms with Crippen LogP contribution >= 0.6 is 0 Å². The van der Waals surface area contributed by atoms with Crippen LogP contribution in [0.1, 0.15) is 30.3 Å². The van der Waals surface area contributed by atoms with Gasteiger partial charge in [0.1, 0.15) is 17.1 Å². The van der Waals surface area contributed by atoms with Gasteiger partial charge >= 0.3 is 5.69 Å². The van der Waals surface area contributed by atoms with E-state index < -0.39 is 17.4 Å². The smallest absolute Gasteiger partial charge is 0.334 e. The highest BCUT2D eigenvalue weighted by molar-refractivity contribution is 6.02. The Bertz CT molecular complexity index is 1340. The zero-order valence-electron chi connectivity index (χ0n) is 17.7. The molecule has 0 atom stereocenters. The molecule has 164 valence electrons. The van der Waals surface area contributed by atoms with E-state index in [4.69, 9.17) is 10.5 Å². The third-order valence-electron chi connectivity index (χ3n) is 5.09. The number of primary amides is 1. The Morgan fingerprint density at radius 3 is 2.41 bits per heavy atom. The third-order valence-corrected chi connectivity index (χ3v) is 5.09. The molecule has 1 amide bonds. The summed E-state index contributed by atoms with van der Waals surface area (Å²) in [4.78, 5) is 34.1. The number of rotatable bonds is 7. The molecule has 4 rings (SSSR count). The highest BCUT2D eigenvalue weighted by Gasteiger charge is 2.22. The number of hydrogen-bond donors (Lipinski definition) is 1. The number of amides is 1. The fraction of sp³-hybridized carbons (Fsp3) is 0.217. The summed E-state index contributed by atoms with van der Waals surface area (Å²) in [5.74, 6) is -0.282. The van der Waals surface area contributed by atoms with Gasteiger partial charge in [-0.25, -0.2) is 23.7 Å². The Labute approximate surface area is 183 Å². The molecule has 2 N–H and O–H groups in total. The normalized spacial score (nSPS) is 11.1. The molecule has 9 heteroatoms. The molecule has 0 unspecified atom stereocenters. The Morgan fingerprint density at radius 2 is 1.78 bits per heavy atom. The molecule has 0 bridgehead atoms. The quantitative estimate of drug-likeness (QED) is 0.449. The standard InChI is InChI=1S/C23H22FN5O3/c1-3-4-13-32-17-11-5-14(6-12-17)21-26-18(20(25)30)19-22(27-21)29(23(31)28(19)2)16-9-7-15(24)8-10-16/h5-12H,3-4,13H2,1-2H3,(H2,25,30). The van der Waals surface area contributed by atoms with Crippen molar-refractivity contribution in [3.8, 4) is 22.8 Å². The topological polar surface area (TPSA) is 105 Å². The molecule has 0 saturated heterocycles. The molecule has 0 aliphatic heterocycles. The number of unbranched alkanes of at least 4 members (excludes halogenated alkanes) is 1. The van der Waals surface area contributed by atoms with Gasteiger partial charge in [-0.05, 0) is 55.0 Å². The van der Waals surface area contributed by atoms with Crippen LogP contribution in [-0.4, -0.2) is 31.6 Å². The fourth-order valence-corrected chi connectivity index (χ4v) is 3.40. The monoisotopic (exact) mass is 435 g/mol. The molecule has 4 aromatic rings. The summed E-state index contributed by atoms with van der Waals surface area (Å²) in [5.41, 5.74) is 6.48. The van der Waals surface area contributed by atoms with Gasteiger partial charge in [-0.2, -0.15) is 0 Å². The summed E-state index contributed by atoms with van der Waals surface area (Å²) in [6.45, 7) is 2.71. The van der Waals surface area contributed by atoms with Crippen molar-refractivity contribution in [3.05, 3.63) is 70.5 Å². The fourth-order valence-electron chi connectivity index (χ4n) is 3.40.